The van der Waals surface area contributed by atoms with Crippen LogP contribution in [0.25, 0.3) is 22.3 Å². The van der Waals surface area contributed by atoms with Gasteiger partial charge >= 0.3 is 6.09 Å². The van der Waals surface area contributed by atoms with Crippen molar-refractivity contribution in [3.8, 4) is 11.3 Å². The van der Waals surface area contributed by atoms with E-state index >= 15 is 0 Å². The van der Waals surface area contributed by atoms with Gasteiger partial charge in [-0.15, -0.1) is 0 Å². The highest BCUT2D eigenvalue weighted by atomic mass is 16.6. The van der Waals surface area contributed by atoms with Crippen molar-refractivity contribution in [3.05, 3.63) is 65.9 Å². The summed E-state index contributed by atoms with van der Waals surface area (Å²) in [7, 11) is 0. The van der Waals surface area contributed by atoms with Crippen molar-refractivity contribution in [2.45, 2.75) is 52.2 Å². The maximum atomic E-state index is 12.4. The Morgan fingerprint density at radius 2 is 1.71 bits per heavy atom. The van der Waals surface area contributed by atoms with Gasteiger partial charge in [0, 0.05) is 75.9 Å². The minimum atomic E-state index is -0.474. The smallest absolute Gasteiger partial charge is 0.410 e. The molecule has 0 spiro atoms. The molecule has 214 valence electrons. The number of carbonyl (C=O) groups is 1. The third-order valence-electron chi connectivity index (χ3n) is 7.52. The largest absolute Gasteiger partial charge is 0.444 e. The van der Waals surface area contributed by atoms with E-state index in [1.165, 1.54) is 18.4 Å². The summed E-state index contributed by atoms with van der Waals surface area (Å²) in [4.78, 5) is 41.0. The number of hydrogen-bond acceptors (Lipinski definition) is 8. The van der Waals surface area contributed by atoms with E-state index in [1.807, 2.05) is 45.3 Å². The van der Waals surface area contributed by atoms with Crippen LogP contribution in [0.4, 0.5) is 10.7 Å². The Labute approximate surface area is 240 Å². The van der Waals surface area contributed by atoms with Gasteiger partial charge in [0.05, 0.1) is 16.7 Å². The second-order valence-corrected chi connectivity index (χ2v) is 11.9. The third kappa shape index (κ3) is 6.65. The minimum absolute atomic E-state index is 0.231. The average Bonchev–Trinajstić information content (AvgIpc) is 3.63. The Morgan fingerprint density at radius 1 is 0.927 bits per heavy atom. The van der Waals surface area contributed by atoms with Gasteiger partial charge in [0.15, 0.2) is 0 Å². The summed E-state index contributed by atoms with van der Waals surface area (Å²) in [6.45, 7) is 11.5. The lowest BCUT2D eigenvalue weighted by atomic mass is 10.1. The molecular weight excluding hydrogens is 516 g/mol. The van der Waals surface area contributed by atoms with Crippen molar-refractivity contribution in [1.29, 1.82) is 0 Å². The summed E-state index contributed by atoms with van der Waals surface area (Å²) >= 11 is 0. The first-order chi connectivity index (χ1) is 19.8. The van der Waals surface area contributed by atoms with Crippen molar-refractivity contribution in [3.63, 3.8) is 0 Å². The fraction of sp³-hybridized carbons (Fsp3) is 0.452. The summed E-state index contributed by atoms with van der Waals surface area (Å²) < 4.78 is 5.52. The van der Waals surface area contributed by atoms with E-state index in [1.54, 1.807) is 4.90 Å². The molecule has 2 aliphatic heterocycles. The number of hydrogen-bond donors (Lipinski definition) is 1. The van der Waals surface area contributed by atoms with E-state index in [0.29, 0.717) is 19.5 Å². The van der Waals surface area contributed by atoms with Gasteiger partial charge in [-0.3, -0.25) is 9.88 Å². The van der Waals surface area contributed by atoms with Crippen LogP contribution in [0.3, 0.4) is 0 Å². The Balaban J connectivity index is 1.09. The van der Waals surface area contributed by atoms with Crippen LogP contribution in [0, 0.1) is 0 Å². The summed E-state index contributed by atoms with van der Waals surface area (Å²) in [5.41, 5.74) is 5.58. The van der Waals surface area contributed by atoms with E-state index in [-0.39, 0.29) is 6.09 Å². The molecule has 1 aromatic carbocycles. The molecular formula is C31H38N8O2. The van der Waals surface area contributed by atoms with Gasteiger partial charge in [0.1, 0.15) is 11.4 Å². The predicted octanol–water partition coefficient (Wildman–Crippen LogP) is 4.66. The highest BCUT2D eigenvalue weighted by Crippen LogP contribution is 2.25. The van der Waals surface area contributed by atoms with Crippen LogP contribution in [-0.4, -0.2) is 85.7 Å². The van der Waals surface area contributed by atoms with Crippen molar-refractivity contribution < 1.29 is 9.53 Å². The number of aromatic nitrogens is 5. The van der Waals surface area contributed by atoms with Gasteiger partial charge in [0.2, 0.25) is 5.95 Å². The van der Waals surface area contributed by atoms with Crippen LogP contribution in [0.1, 0.15) is 50.7 Å². The molecule has 0 saturated carbocycles. The first-order valence-corrected chi connectivity index (χ1v) is 14.5. The maximum Gasteiger partial charge on any atom is 0.410 e. The SMILES string of the molecule is CC(C)(C)OC(=O)N1CCN(Cc2ccnc(Cc3nc4ccc(-c5ccnc(N6CCCC6)n5)cc4[nH]3)c2)CC1. The number of carbonyl (C=O) groups excluding carboxylic acids is 1. The fourth-order valence-corrected chi connectivity index (χ4v) is 5.45. The van der Waals surface area contributed by atoms with Crippen LogP contribution in [-0.2, 0) is 17.7 Å². The minimum Gasteiger partial charge on any atom is -0.444 e. The first-order valence-electron chi connectivity index (χ1n) is 14.5. The number of amides is 1. The molecule has 5 heterocycles. The Kier molecular flexibility index (Phi) is 7.57. The maximum absolute atomic E-state index is 12.4. The van der Waals surface area contributed by atoms with Crippen molar-refractivity contribution in [1.82, 2.24) is 34.7 Å². The number of piperazine rings is 1. The topological polar surface area (TPSA) is 103 Å². The van der Waals surface area contributed by atoms with Gasteiger partial charge in [0.25, 0.3) is 0 Å². The molecule has 0 unspecified atom stereocenters. The van der Waals surface area contributed by atoms with Crippen LogP contribution < -0.4 is 4.90 Å². The molecule has 2 saturated heterocycles. The molecule has 2 aliphatic rings. The lowest BCUT2D eigenvalue weighted by Gasteiger charge is -2.35. The second kappa shape index (κ2) is 11.4. The third-order valence-corrected chi connectivity index (χ3v) is 7.52. The second-order valence-electron chi connectivity index (χ2n) is 11.9. The van der Waals surface area contributed by atoms with Crippen LogP contribution in [0.2, 0.25) is 0 Å². The number of ether oxygens (including phenoxy) is 1. The summed E-state index contributed by atoms with van der Waals surface area (Å²) in [6.07, 6.45) is 6.50. The molecule has 0 bridgehead atoms. The molecule has 41 heavy (non-hydrogen) atoms. The number of imidazole rings is 1. The normalized spacial score (nSPS) is 16.5. The zero-order chi connectivity index (χ0) is 28.4. The van der Waals surface area contributed by atoms with Crippen molar-refractivity contribution in [2.75, 3.05) is 44.2 Å². The molecule has 0 atom stereocenters. The van der Waals surface area contributed by atoms with E-state index < -0.39 is 5.60 Å². The Bertz CT molecular complexity index is 1510. The lowest BCUT2D eigenvalue weighted by molar-refractivity contribution is 0.0139. The molecule has 1 amide bonds. The number of rotatable bonds is 6. The molecule has 1 N–H and O–H groups in total. The van der Waals surface area contributed by atoms with Crippen LogP contribution in [0.5, 0.6) is 0 Å². The number of nitrogens with zero attached hydrogens (tertiary/aromatic N) is 7. The van der Waals surface area contributed by atoms with Crippen LogP contribution in [0.15, 0.2) is 48.8 Å². The molecule has 10 heteroatoms. The Hall–Kier alpha value is -4.05. The van der Waals surface area contributed by atoms with Crippen LogP contribution >= 0.6 is 0 Å². The van der Waals surface area contributed by atoms with Crippen molar-refractivity contribution in [2.24, 2.45) is 0 Å². The van der Waals surface area contributed by atoms with Gasteiger partial charge in [-0.1, -0.05) is 6.07 Å². The molecule has 4 aromatic rings. The summed E-state index contributed by atoms with van der Waals surface area (Å²) in [5, 5.41) is 0. The highest BCUT2D eigenvalue weighted by Gasteiger charge is 2.26. The number of pyridine rings is 1. The van der Waals surface area contributed by atoms with E-state index in [4.69, 9.17) is 14.7 Å². The van der Waals surface area contributed by atoms with Gasteiger partial charge in [-0.2, -0.15) is 0 Å². The van der Waals surface area contributed by atoms with E-state index in [0.717, 1.165) is 72.5 Å². The summed E-state index contributed by atoms with van der Waals surface area (Å²) in [6, 6.07) is 12.4. The average molecular weight is 555 g/mol. The number of H-pyrrole nitrogens is 1. The fourth-order valence-electron chi connectivity index (χ4n) is 5.45. The zero-order valence-electron chi connectivity index (χ0n) is 24.1. The van der Waals surface area contributed by atoms with E-state index in [2.05, 4.69) is 49.0 Å². The molecule has 3 aromatic heterocycles. The zero-order valence-corrected chi connectivity index (χ0v) is 24.1. The Morgan fingerprint density at radius 3 is 2.49 bits per heavy atom. The quantitative estimate of drug-likeness (QED) is 0.367. The molecule has 6 rings (SSSR count). The summed E-state index contributed by atoms with van der Waals surface area (Å²) in [5.74, 6) is 1.69. The predicted molar refractivity (Wildman–Crippen MR) is 159 cm³/mol. The van der Waals surface area contributed by atoms with Crippen molar-refractivity contribution >= 4 is 23.1 Å². The molecule has 0 radical (unpaired) electrons. The number of anilines is 1. The monoisotopic (exact) mass is 554 g/mol. The number of nitrogens with one attached hydrogen (secondary N) is 1. The first kappa shape index (κ1) is 27.1. The van der Waals surface area contributed by atoms with E-state index in [9.17, 15) is 4.79 Å². The molecule has 0 aliphatic carbocycles. The lowest BCUT2D eigenvalue weighted by Crippen LogP contribution is -2.49. The van der Waals surface area contributed by atoms with Gasteiger partial charge < -0.3 is 19.5 Å². The number of aromatic amines is 1. The number of fused-ring (bicyclic) bond motifs is 1. The number of benzene rings is 1. The standard InChI is InChI=1S/C31H38N8O2/c1-31(2,3)41-30(40)39-16-14-37(15-17-39)21-22-8-10-32-24(18-22)20-28-34-26-7-6-23(19-27(26)35-28)25-9-11-33-29(36-25)38-12-4-5-13-38/h6-11,18-19H,4-5,12-17,20-21H2,1-3H3,(H,34,35). The highest BCUT2D eigenvalue weighted by molar-refractivity contribution is 5.81. The molecule has 10 nitrogen and oxygen atoms in total. The molecule has 2 fully saturated rings. The van der Waals surface area contributed by atoms with Gasteiger partial charge in [-0.05, 0) is 69.5 Å². The van der Waals surface area contributed by atoms with Gasteiger partial charge in [-0.25, -0.2) is 19.7 Å².